The van der Waals surface area contributed by atoms with E-state index in [-0.39, 0.29) is 0 Å². The summed E-state index contributed by atoms with van der Waals surface area (Å²) in [4.78, 5) is 2.51. The number of anilines is 2. The van der Waals surface area contributed by atoms with Crippen LogP contribution in [0.3, 0.4) is 0 Å². The van der Waals surface area contributed by atoms with Gasteiger partial charge in [-0.1, -0.05) is 36.4 Å². The van der Waals surface area contributed by atoms with Crippen molar-refractivity contribution in [1.82, 2.24) is 0 Å². The van der Waals surface area contributed by atoms with E-state index in [9.17, 15) is 0 Å². The van der Waals surface area contributed by atoms with Gasteiger partial charge in [-0.3, -0.25) is 5.01 Å². The standard InChI is InChI=1S/C26H27N4/c1-28-18-15-20(21-9-5-6-12-24(21)28)19-27-29(2)25-13-14-26(30-16-7-8-17-30)23-11-4-3-10-22(23)25/h3-6,9-15,18-19H,7-8,16-17H2,1-2H3/q+1. The molecule has 0 unspecified atom stereocenters. The average Bonchev–Trinajstić information content (AvgIpc) is 3.33. The van der Waals surface area contributed by atoms with Crippen LogP contribution in [0.2, 0.25) is 0 Å². The first-order chi connectivity index (χ1) is 14.7. The van der Waals surface area contributed by atoms with Crippen molar-refractivity contribution in [2.75, 3.05) is 30.0 Å². The molecule has 4 aromatic rings. The van der Waals surface area contributed by atoms with Crippen molar-refractivity contribution in [1.29, 1.82) is 0 Å². The molecule has 1 aliphatic heterocycles. The van der Waals surface area contributed by atoms with Crippen molar-refractivity contribution in [3.8, 4) is 0 Å². The highest BCUT2D eigenvalue weighted by Crippen LogP contribution is 2.35. The van der Waals surface area contributed by atoms with Crippen LogP contribution >= 0.6 is 0 Å². The molecule has 150 valence electrons. The summed E-state index contributed by atoms with van der Waals surface area (Å²) in [5, 5.41) is 10.5. The zero-order valence-electron chi connectivity index (χ0n) is 17.6. The van der Waals surface area contributed by atoms with E-state index in [1.54, 1.807) is 0 Å². The number of fused-ring (bicyclic) bond motifs is 2. The van der Waals surface area contributed by atoms with Crippen molar-refractivity contribution in [3.63, 3.8) is 0 Å². The van der Waals surface area contributed by atoms with Gasteiger partial charge in [0.1, 0.15) is 7.05 Å². The van der Waals surface area contributed by atoms with Gasteiger partial charge in [-0.15, -0.1) is 0 Å². The third kappa shape index (κ3) is 3.28. The molecule has 4 nitrogen and oxygen atoms in total. The molecule has 2 heterocycles. The molecule has 0 saturated carbocycles. The lowest BCUT2D eigenvalue weighted by molar-refractivity contribution is -0.644. The van der Waals surface area contributed by atoms with Crippen molar-refractivity contribution in [3.05, 3.63) is 78.5 Å². The first-order valence-corrected chi connectivity index (χ1v) is 10.6. The molecule has 1 fully saturated rings. The molecule has 1 aromatic heterocycles. The van der Waals surface area contributed by atoms with Crippen LogP contribution in [0.1, 0.15) is 18.4 Å². The maximum absolute atomic E-state index is 4.81. The zero-order valence-corrected chi connectivity index (χ0v) is 17.6. The second-order valence-corrected chi connectivity index (χ2v) is 8.01. The largest absolute Gasteiger partial charge is 0.371 e. The molecule has 0 N–H and O–H groups in total. The van der Waals surface area contributed by atoms with Gasteiger partial charge < -0.3 is 4.90 Å². The topological polar surface area (TPSA) is 22.7 Å². The summed E-state index contributed by atoms with van der Waals surface area (Å²) in [5.74, 6) is 0. The molecule has 0 atom stereocenters. The summed E-state index contributed by atoms with van der Waals surface area (Å²) in [7, 11) is 4.10. The van der Waals surface area contributed by atoms with E-state index in [0.717, 1.165) is 24.3 Å². The van der Waals surface area contributed by atoms with Crippen LogP contribution in [0.25, 0.3) is 21.7 Å². The maximum atomic E-state index is 4.81. The molecule has 0 radical (unpaired) electrons. The van der Waals surface area contributed by atoms with E-state index < -0.39 is 0 Å². The number of para-hydroxylation sites is 1. The van der Waals surface area contributed by atoms with E-state index in [0.29, 0.717) is 0 Å². The van der Waals surface area contributed by atoms with Crippen LogP contribution in [0.15, 0.2) is 78.0 Å². The molecule has 0 amide bonds. The molecular weight excluding hydrogens is 368 g/mol. The van der Waals surface area contributed by atoms with Crippen molar-refractivity contribution >= 4 is 39.3 Å². The summed E-state index contributed by atoms with van der Waals surface area (Å²) in [6.07, 6.45) is 6.61. The molecule has 0 bridgehead atoms. The normalized spacial score (nSPS) is 14.3. The van der Waals surface area contributed by atoms with Crippen molar-refractivity contribution in [2.24, 2.45) is 12.1 Å². The second kappa shape index (κ2) is 7.79. The number of hydrogen-bond donors (Lipinski definition) is 0. The van der Waals surface area contributed by atoms with E-state index in [2.05, 4.69) is 89.4 Å². The van der Waals surface area contributed by atoms with Gasteiger partial charge in [0.05, 0.1) is 17.3 Å². The van der Waals surface area contributed by atoms with Crippen molar-refractivity contribution in [2.45, 2.75) is 12.8 Å². The fourth-order valence-electron chi connectivity index (χ4n) is 4.49. The number of rotatable bonds is 4. The summed E-state index contributed by atoms with van der Waals surface area (Å²) in [5.41, 5.74) is 4.78. The number of pyridine rings is 1. The highest BCUT2D eigenvalue weighted by Gasteiger charge is 2.17. The second-order valence-electron chi connectivity index (χ2n) is 8.01. The minimum atomic E-state index is 1.12. The number of hydrazone groups is 1. The molecule has 5 rings (SSSR count). The Balaban J connectivity index is 1.52. The van der Waals surface area contributed by atoms with Gasteiger partial charge in [-0.25, -0.2) is 4.57 Å². The van der Waals surface area contributed by atoms with Crippen LogP contribution in [-0.2, 0) is 7.05 Å². The SMILES string of the molecule is CN(/N=C/c1cc[n+](C)c2ccccc12)c1ccc(N2CCCC2)c2ccccc12. The van der Waals surface area contributed by atoms with Gasteiger partial charge >= 0.3 is 0 Å². The molecule has 1 aliphatic rings. The summed E-state index contributed by atoms with van der Waals surface area (Å²) < 4.78 is 2.14. The molecule has 3 aromatic carbocycles. The van der Waals surface area contributed by atoms with Crippen LogP contribution in [0, 0.1) is 0 Å². The number of benzene rings is 3. The van der Waals surface area contributed by atoms with Crippen LogP contribution in [0.4, 0.5) is 11.4 Å². The zero-order chi connectivity index (χ0) is 20.5. The monoisotopic (exact) mass is 395 g/mol. The highest BCUT2D eigenvalue weighted by molar-refractivity contribution is 6.03. The van der Waals surface area contributed by atoms with Crippen LogP contribution in [-0.4, -0.2) is 26.4 Å². The number of aryl methyl sites for hydroxylation is 1. The van der Waals surface area contributed by atoms with Gasteiger partial charge in [-0.2, -0.15) is 5.10 Å². The first kappa shape index (κ1) is 18.6. The van der Waals surface area contributed by atoms with Gasteiger partial charge in [0.2, 0.25) is 5.52 Å². The van der Waals surface area contributed by atoms with Crippen LogP contribution < -0.4 is 14.5 Å². The lowest BCUT2D eigenvalue weighted by Gasteiger charge is -2.23. The number of hydrogen-bond acceptors (Lipinski definition) is 3. The Kier molecular flexibility index (Phi) is 4.83. The van der Waals surface area contributed by atoms with Gasteiger partial charge in [0, 0.05) is 54.3 Å². The molecule has 4 heteroatoms. The van der Waals surface area contributed by atoms with Crippen molar-refractivity contribution < 1.29 is 4.57 Å². The molecule has 0 aliphatic carbocycles. The number of aromatic nitrogens is 1. The smallest absolute Gasteiger partial charge is 0.212 e. The lowest BCUT2D eigenvalue weighted by Crippen LogP contribution is -2.28. The quantitative estimate of drug-likeness (QED) is 0.279. The Bertz CT molecular complexity index is 1240. The Morgan fingerprint density at radius 3 is 2.37 bits per heavy atom. The number of nitrogens with zero attached hydrogens (tertiary/aromatic N) is 4. The van der Waals surface area contributed by atoms with E-state index in [1.165, 1.54) is 40.2 Å². The molecule has 0 spiro atoms. The Morgan fingerprint density at radius 1 is 0.867 bits per heavy atom. The molecule has 1 saturated heterocycles. The lowest BCUT2D eigenvalue weighted by atomic mass is 10.1. The minimum absolute atomic E-state index is 1.12. The van der Waals surface area contributed by atoms with Gasteiger partial charge in [-0.05, 0) is 31.0 Å². The first-order valence-electron chi connectivity index (χ1n) is 10.6. The third-order valence-electron chi connectivity index (χ3n) is 6.12. The van der Waals surface area contributed by atoms with Gasteiger partial charge in [0.25, 0.3) is 0 Å². The van der Waals surface area contributed by atoms with Gasteiger partial charge in [0.15, 0.2) is 6.20 Å². The minimum Gasteiger partial charge on any atom is -0.371 e. The Morgan fingerprint density at radius 2 is 1.57 bits per heavy atom. The van der Waals surface area contributed by atoms with Crippen LogP contribution in [0.5, 0.6) is 0 Å². The Hall–Kier alpha value is -3.40. The summed E-state index contributed by atoms with van der Waals surface area (Å²) in [6.45, 7) is 2.30. The predicted molar refractivity (Wildman–Crippen MR) is 127 cm³/mol. The predicted octanol–water partition coefficient (Wildman–Crippen LogP) is 4.89. The fourth-order valence-corrected chi connectivity index (χ4v) is 4.49. The van der Waals surface area contributed by atoms with E-state index in [1.807, 2.05) is 18.3 Å². The molecule has 30 heavy (non-hydrogen) atoms. The maximum Gasteiger partial charge on any atom is 0.212 e. The average molecular weight is 396 g/mol. The summed E-state index contributed by atoms with van der Waals surface area (Å²) in [6, 6.07) is 23.7. The highest BCUT2D eigenvalue weighted by atomic mass is 15.4. The molecular formula is C26H27N4+. The Labute approximate surface area is 177 Å². The van der Waals surface area contributed by atoms with E-state index in [4.69, 9.17) is 5.10 Å². The summed E-state index contributed by atoms with van der Waals surface area (Å²) >= 11 is 0. The van der Waals surface area contributed by atoms with E-state index >= 15 is 0 Å². The fraction of sp³-hybridized carbons (Fsp3) is 0.231. The third-order valence-corrected chi connectivity index (χ3v) is 6.12.